The van der Waals surface area contributed by atoms with Crippen LogP contribution in [0.1, 0.15) is 5.56 Å². The van der Waals surface area contributed by atoms with Gasteiger partial charge in [0.1, 0.15) is 4.90 Å². The molecule has 0 aliphatic heterocycles. The highest BCUT2D eigenvalue weighted by molar-refractivity contribution is 7.92. The zero-order valence-electron chi connectivity index (χ0n) is 10.4. The summed E-state index contributed by atoms with van der Waals surface area (Å²) in [5.41, 5.74) is 4.23. The molecule has 0 saturated heterocycles. The van der Waals surface area contributed by atoms with Crippen LogP contribution in [0.2, 0.25) is 0 Å². The van der Waals surface area contributed by atoms with Gasteiger partial charge in [0.15, 0.2) is 0 Å². The lowest BCUT2D eigenvalue weighted by Crippen LogP contribution is -2.17. The highest BCUT2D eigenvalue weighted by Crippen LogP contribution is 2.23. The van der Waals surface area contributed by atoms with E-state index in [1.54, 1.807) is 36.4 Å². The van der Waals surface area contributed by atoms with Crippen molar-refractivity contribution in [2.75, 3.05) is 10.1 Å². The van der Waals surface area contributed by atoms with Gasteiger partial charge < -0.3 is 5.43 Å². The lowest BCUT2D eigenvalue weighted by atomic mass is 10.2. The van der Waals surface area contributed by atoms with Crippen LogP contribution in [0.3, 0.4) is 0 Å². The Morgan fingerprint density at radius 3 is 2.47 bits per heavy atom. The number of para-hydroxylation sites is 1. The molecule has 0 bridgehead atoms. The average molecular weight is 277 g/mol. The molecule has 4 N–H and O–H groups in total. The van der Waals surface area contributed by atoms with Crippen LogP contribution in [0.5, 0.6) is 0 Å². The third kappa shape index (κ3) is 3.04. The van der Waals surface area contributed by atoms with Gasteiger partial charge in [-0.15, -0.1) is 0 Å². The third-order valence-electron chi connectivity index (χ3n) is 2.60. The zero-order chi connectivity index (χ0) is 13.9. The van der Waals surface area contributed by atoms with Crippen LogP contribution < -0.4 is 16.0 Å². The fraction of sp³-hybridized carbons (Fsp3) is 0.0769. The van der Waals surface area contributed by atoms with E-state index in [0.717, 1.165) is 5.56 Å². The maximum absolute atomic E-state index is 12.3. The number of hydrogen-bond donors (Lipinski definition) is 3. The Kier molecular flexibility index (Phi) is 3.73. The first-order valence-electron chi connectivity index (χ1n) is 5.68. The highest BCUT2D eigenvalue weighted by atomic mass is 32.2. The molecule has 2 aromatic rings. The van der Waals surface area contributed by atoms with Crippen molar-refractivity contribution in [1.29, 1.82) is 0 Å². The van der Waals surface area contributed by atoms with Crippen molar-refractivity contribution in [3.8, 4) is 0 Å². The topological polar surface area (TPSA) is 84.2 Å². The Morgan fingerprint density at radius 2 is 1.79 bits per heavy atom. The second-order valence-corrected chi connectivity index (χ2v) is 5.77. The Hall–Kier alpha value is -2.05. The lowest BCUT2D eigenvalue weighted by molar-refractivity contribution is 0.601. The first kappa shape index (κ1) is 13.4. The van der Waals surface area contributed by atoms with Gasteiger partial charge >= 0.3 is 0 Å². The van der Waals surface area contributed by atoms with Crippen molar-refractivity contribution < 1.29 is 8.42 Å². The van der Waals surface area contributed by atoms with Gasteiger partial charge in [0.05, 0.1) is 5.69 Å². The van der Waals surface area contributed by atoms with Crippen molar-refractivity contribution in [2.45, 2.75) is 11.8 Å². The number of aryl methyl sites for hydroxylation is 1. The van der Waals surface area contributed by atoms with E-state index in [2.05, 4.69) is 10.1 Å². The van der Waals surface area contributed by atoms with E-state index >= 15 is 0 Å². The molecule has 0 spiro atoms. The number of rotatable bonds is 4. The molecule has 0 amide bonds. The van der Waals surface area contributed by atoms with E-state index in [0.29, 0.717) is 11.4 Å². The summed E-state index contributed by atoms with van der Waals surface area (Å²) in [5.74, 6) is 5.32. The number of nitrogen functional groups attached to an aromatic ring is 1. The van der Waals surface area contributed by atoms with E-state index in [9.17, 15) is 8.42 Å². The molecule has 19 heavy (non-hydrogen) atoms. The van der Waals surface area contributed by atoms with E-state index in [1.807, 2.05) is 13.0 Å². The van der Waals surface area contributed by atoms with Gasteiger partial charge in [-0.05, 0) is 36.8 Å². The molecule has 6 heteroatoms. The van der Waals surface area contributed by atoms with E-state index in [1.165, 1.54) is 6.07 Å². The predicted octanol–water partition coefficient (Wildman–Crippen LogP) is 2.08. The standard InChI is InChI=1S/C13H15N3O2S/c1-10-5-4-6-11(9-10)16-19(17,18)13-8-3-2-7-12(13)15-14/h2-9,15-16H,14H2,1H3. The average Bonchev–Trinajstić information content (AvgIpc) is 2.38. The summed E-state index contributed by atoms with van der Waals surface area (Å²) in [7, 11) is -3.67. The van der Waals surface area contributed by atoms with Crippen molar-refractivity contribution in [3.05, 3.63) is 54.1 Å². The Bertz CT molecular complexity index is 684. The Balaban J connectivity index is 2.38. The van der Waals surface area contributed by atoms with Gasteiger partial charge in [0.25, 0.3) is 10.0 Å². The number of benzene rings is 2. The van der Waals surface area contributed by atoms with Crippen LogP contribution in [0.25, 0.3) is 0 Å². The number of sulfonamides is 1. The minimum atomic E-state index is -3.67. The first-order chi connectivity index (χ1) is 9.03. The third-order valence-corrected chi connectivity index (χ3v) is 4.04. The van der Waals surface area contributed by atoms with E-state index in [4.69, 9.17) is 5.84 Å². The summed E-state index contributed by atoms with van der Waals surface area (Å²) in [6, 6.07) is 13.6. The molecule has 100 valence electrons. The summed E-state index contributed by atoms with van der Waals surface area (Å²) in [5, 5.41) is 0. The molecule has 0 atom stereocenters. The number of nitrogens with one attached hydrogen (secondary N) is 2. The number of hydrogen-bond acceptors (Lipinski definition) is 4. The fourth-order valence-corrected chi connectivity index (χ4v) is 2.96. The molecular weight excluding hydrogens is 262 g/mol. The van der Waals surface area contributed by atoms with Crippen molar-refractivity contribution >= 4 is 21.4 Å². The summed E-state index contributed by atoms with van der Waals surface area (Å²) >= 11 is 0. The van der Waals surface area contributed by atoms with E-state index in [-0.39, 0.29) is 4.90 Å². The van der Waals surface area contributed by atoms with Gasteiger partial charge in [-0.1, -0.05) is 24.3 Å². The van der Waals surface area contributed by atoms with Crippen LogP contribution in [-0.2, 0) is 10.0 Å². The van der Waals surface area contributed by atoms with Crippen molar-refractivity contribution in [3.63, 3.8) is 0 Å². The van der Waals surface area contributed by atoms with Crippen LogP contribution in [0.4, 0.5) is 11.4 Å². The molecule has 0 radical (unpaired) electrons. The number of hydrazine groups is 1. The van der Waals surface area contributed by atoms with Gasteiger partial charge in [0.2, 0.25) is 0 Å². The summed E-state index contributed by atoms with van der Waals surface area (Å²) < 4.78 is 27.1. The molecule has 0 fully saturated rings. The van der Waals surface area contributed by atoms with Crippen LogP contribution in [0.15, 0.2) is 53.4 Å². The Morgan fingerprint density at radius 1 is 1.05 bits per heavy atom. The van der Waals surface area contributed by atoms with Gasteiger partial charge in [0, 0.05) is 5.69 Å². The molecule has 2 aromatic carbocycles. The maximum Gasteiger partial charge on any atom is 0.264 e. The monoisotopic (exact) mass is 277 g/mol. The largest absolute Gasteiger partial charge is 0.323 e. The maximum atomic E-state index is 12.3. The molecule has 5 nitrogen and oxygen atoms in total. The molecule has 0 heterocycles. The molecule has 0 aliphatic carbocycles. The lowest BCUT2D eigenvalue weighted by Gasteiger charge is -2.12. The minimum Gasteiger partial charge on any atom is -0.323 e. The van der Waals surface area contributed by atoms with Gasteiger partial charge in [-0.25, -0.2) is 8.42 Å². The van der Waals surface area contributed by atoms with Crippen molar-refractivity contribution in [1.82, 2.24) is 0 Å². The number of anilines is 2. The molecular formula is C13H15N3O2S. The second-order valence-electron chi connectivity index (χ2n) is 4.12. The summed E-state index contributed by atoms with van der Waals surface area (Å²) in [6.45, 7) is 1.90. The van der Waals surface area contributed by atoms with Crippen LogP contribution >= 0.6 is 0 Å². The van der Waals surface area contributed by atoms with E-state index < -0.39 is 10.0 Å². The van der Waals surface area contributed by atoms with Crippen LogP contribution in [-0.4, -0.2) is 8.42 Å². The molecule has 0 aromatic heterocycles. The summed E-state index contributed by atoms with van der Waals surface area (Å²) in [4.78, 5) is 0.110. The smallest absolute Gasteiger partial charge is 0.264 e. The minimum absolute atomic E-state index is 0.110. The van der Waals surface area contributed by atoms with Crippen LogP contribution in [0, 0.1) is 6.92 Å². The Labute approximate surface area is 112 Å². The highest BCUT2D eigenvalue weighted by Gasteiger charge is 2.17. The SMILES string of the molecule is Cc1cccc(NS(=O)(=O)c2ccccc2NN)c1. The van der Waals surface area contributed by atoms with Gasteiger partial charge in [-0.2, -0.15) is 0 Å². The first-order valence-corrected chi connectivity index (χ1v) is 7.16. The van der Waals surface area contributed by atoms with Gasteiger partial charge in [-0.3, -0.25) is 10.6 Å². The van der Waals surface area contributed by atoms with Crippen molar-refractivity contribution in [2.24, 2.45) is 5.84 Å². The second kappa shape index (κ2) is 5.29. The molecule has 0 aliphatic rings. The zero-order valence-corrected chi connectivity index (χ0v) is 11.2. The fourth-order valence-electron chi connectivity index (χ4n) is 1.74. The molecule has 0 unspecified atom stereocenters. The normalized spacial score (nSPS) is 11.1. The quantitative estimate of drug-likeness (QED) is 0.590. The number of nitrogens with two attached hydrogens (primary N) is 1. The molecule has 0 saturated carbocycles. The molecule has 2 rings (SSSR count). The summed E-state index contributed by atoms with van der Waals surface area (Å²) in [6.07, 6.45) is 0. The predicted molar refractivity (Wildman–Crippen MR) is 76.2 cm³/mol.